The minimum atomic E-state index is -1.81. The minimum Gasteiger partial charge on any atom is -0.394 e. The maximum Gasteiger partial charge on any atom is 0.337 e. The van der Waals surface area contributed by atoms with Gasteiger partial charge in [-0.1, -0.05) is 32.6 Å². The minimum absolute atomic E-state index is 0.809. The third kappa shape index (κ3) is 4.66. The van der Waals surface area contributed by atoms with E-state index in [-0.39, 0.29) is 0 Å². The highest BCUT2D eigenvalue weighted by Crippen LogP contribution is 2.35. The zero-order valence-corrected chi connectivity index (χ0v) is 11.6. The predicted octanol–water partition coefficient (Wildman–Crippen LogP) is 3.71. The van der Waals surface area contributed by atoms with Gasteiger partial charge in [0.1, 0.15) is 0 Å². The van der Waals surface area contributed by atoms with Crippen molar-refractivity contribution >= 4 is 8.56 Å². The lowest BCUT2D eigenvalue weighted by molar-refractivity contribution is 0.182. The quantitative estimate of drug-likeness (QED) is 0.562. The van der Waals surface area contributed by atoms with Gasteiger partial charge in [0.25, 0.3) is 0 Å². The summed E-state index contributed by atoms with van der Waals surface area (Å²) in [6, 6.07) is 2.29. The molecule has 0 spiro atoms. The van der Waals surface area contributed by atoms with Gasteiger partial charge in [0.05, 0.1) is 0 Å². The fraction of sp³-hybridized carbons (Fsp3) is 1.00. The SMILES string of the molecule is CCO[Si](CC)(CCCC1CC1)OCC. The second-order valence-corrected chi connectivity index (χ2v) is 8.07. The van der Waals surface area contributed by atoms with Crippen LogP contribution in [0.4, 0.5) is 0 Å². The normalized spacial score (nSPS) is 17.0. The van der Waals surface area contributed by atoms with Crippen molar-refractivity contribution in [1.29, 1.82) is 0 Å². The molecule has 0 bridgehead atoms. The van der Waals surface area contributed by atoms with Crippen molar-refractivity contribution in [3.8, 4) is 0 Å². The molecule has 0 atom stereocenters. The largest absolute Gasteiger partial charge is 0.394 e. The molecule has 15 heavy (non-hydrogen) atoms. The maximum absolute atomic E-state index is 5.94. The number of hydrogen-bond donors (Lipinski definition) is 0. The van der Waals surface area contributed by atoms with Crippen molar-refractivity contribution in [2.75, 3.05) is 13.2 Å². The molecule has 0 heterocycles. The molecule has 0 saturated heterocycles. The molecule has 1 rings (SSSR count). The van der Waals surface area contributed by atoms with Gasteiger partial charge < -0.3 is 8.85 Å². The molecule has 90 valence electrons. The van der Waals surface area contributed by atoms with Crippen LogP contribution in [0.2, 0.25) is 12.1 Å². The summed E-state index contributed by atoms with van der Waals surface area (Å²) in [5, 5.41) is 0. The molecule has 2 nitrogen and oxygen atoms in total. The summed E-state index contributed by atoms with van der Waals surface area (Å²) in [5.41, 5.74) is 0. The van der Waals surface area contributed by atoms with Gasteiger partial charge >= 0.3 is 8.56 Å². The first-order valence-electron chi connectivity index (χ1n) is 6.54. The second-order valence-electron chi connectivity index (χ2n) is 4.47. The van der Waals surface area contributed by atoms with Crippen LogP contribution < -0.4 is 0 Å². The molecule has 1 aliphatic rings. The van der Waals surface area contributed by atoms with E-state index in [0.717, 1.165) is 25.2 Å². The molecule has 3 heteroatoms. The maximum atomic E-state index is 5.94. The highest BCUT2D eigenvalue weighted by molar-refractivity contribution is 6.67. The Labute approximate surface area is 95.6 Å². The molecule has 0 aliphatic heterocycles. The van der Waals surface area contributed by atoms with Crippen molar-refractivity contribution in [1.82, 2.24) is 0 Å². The van der Waals surface area contributed by atoms with E-state index in [1.165, 1.54) is 31.7 Å². The van der Waals surface area contributed by atoms with Crippen LogP contribution >= 0.6 is 0 Å². The van der Waals surface area contributed by atoms with E-state index in [1.54, 1.807) is 0 Å². The molecular weight excluding hydrogens is 204 g/mol. The van der Waals surface area contributed by atoms with Crippen LogP contribution in [-0.2, 0) is 8.85 Å². The Kier molecular flexibility index (Phi) is 5.86. The molecule has 0 radical (unpaired) electrons. The number of hydrogen-bond acceptors (Lipinski definition) is 2. The summed E-state index contributed by atoms with van der Waals surface area (Å²) in [4.78, 5) is 0. The first-order valence-corrected chi connectivity index (χ1v) is 8.77. The monoisotopic (exact) mass is 230 g/mol. The van der Waals surface area contributed by atoms with E-state index in [4.69, 9.17) is 8.85 Å². The van der Waals surface area contributed by atoms with Gasteiger partial charge in [-0.2, -0.15) is 0 Å². The van der Waals surface area contributed by atoms with E-state index < -0.39 is 8.56 Å². The van der Waals surface area contributed by atoms with E-state index in [2.05, 4.69) is 20.8 Å². The number of rotatable bonds is 9. The molecule has 0 aromatic carbocycles. The van der Waals surface area contributed by atoms with Crippen LogP contribution in [-0.4, -0.2) is 21.8 Å². The zero-order valence-electron chi connectivity index (χ0n) is 10.6. The van der Waals surface area contributed by atoms with E-state index in [1.807, 2.05) is 0 Å². The lowest BCUT2D eigenvalue weighted by Crippen LogP contribution is -2.41. The molecular formula is C12H26O2Si. The molecule has 0 aromatic rings. The second kappa shape index (κ2) is 6.66. The fourth-order valence-electron chi connectivity index (χ4n) is 2.16. The Bertz CT molecular complexity index is 163. The lowest BCUT2D eigenvalue weighted by atomic mass is 10.2. The highest BCUT2D eigenvalue weighted by atomic mass is 28.4. The molecule has 1 fully saturated rings. The summed E-state index contributed by atoms with van der Waals surface area (Å²) in [6.07, 6.45) is 5.63. The Hall–Kier alpha value is 0.137. The summed E-state index contributed by atoms with van der Waals surface area (Å²) >= 11 is 0. The van der Waals surface area contributed by atoms with Gasteiger partial charge in [-0.25, -0.2) is 0 Å². The van der Waals surface area contributed by atoms with Gasteiger partial charge in [-0.3, -0.25) is 0 Å². The first-order chi connectivity index (χ1) is 7.26. The summed E-state index contributed by atoms with van der Waals surface area (Å²) in [5.74, 6) is 1.04. The first kappa shape index (κ1) is 13.2. The highest BCUT2D eigenvalue weighted by Gasteiger charge is 2.35. The van der Waals surface area contributed by atoms with Crippen molar-refractivity contribution < 1.29 is 8.85 Å². The standard InChI is InChI=1S/C12H26O2Si/c1-4-13-15(6-3,14-5-2)11-7-8-12-9-10-12/h12H,4-11H2,1-3H3. The molecule has 0 N–H and O–H groups in total. The Morgan fingerprint density at radius 1 is 1.07 bits per heavy atom. The van der Waals surface area contributed by atoms with Crippen molar-refractivity contribution in [3.05, 3.63) is 0 Å². The molecule has 0 aromatic heterocycles. The smallest absolute Gasteiger partial charge is 0.337 e. The molecule has 0 unspecified atom stereocenters. The van der Waals surface area contributed by atoms with Gasteiger partial charge in [-0.05, 0) is 31.9 Å². The van der Waals surface area contributed by atoms with Crippen molar-refractivity contribution in [2.45, 2.75) is 58.5 Å². The van der Waals surface area contributed by atoms with E-state index in [0.29, 0.717) is 0 Å². The molecule has 1 saturated carbocycles. The topological polar surface area (TPSA) is 18.5 Å². The van der Waals surface area contributed by atoms with Gasteiger partial charge in [-0.15, -0.1) is 0 Å². The summed E-state index contributed by atoms with van der Waals surface area (Å²) in [6.45, 7) is 8.00. The van der Waals surface area contributed by atoms with Crippen LogP contribution in [0.5, 0.6) is 0 Å². The van der Waals surface area contributed by atoms with E-state index >= 15 is 0 Å². The van der Waals surface area contributed by atoms with Crippen LogP contribution in [0.25, 0.3) is 0 Å². The third-order valence-electron chi connectivity index (χ3n) is 3.22. The summed E-state index contributed by atoms with van der Waals surface area (Å²) < 4.78 is 11.9. The Balaban J connectivity index is 2.29. The van der Waals surface area contributed by atoms with Gasteiger partial charge in [0, 0.05) is 13.2 Å². The zero-order chi connectivity index (χ0) is 11.1. The Morgan fingerprint density at radius 3 is 2.07 bits per heavy atom. The molecule has 1 aliphatic carbocycles. The Morgan fingerprint density at radius 2 is 1.67 bits per heavy atom. The average Bonchev–Trinajstić information content (AvgIpc) is 3.02. The van der Waals surface area contributed by atoms with Crippen LogP contribution in [0.3, 0.4) is 0 Å². The van der Waals surface area contributed by atoms with Crippen molar-refractivity contribution in [3.63, 3.8) is 0 Å². The lowest BCUT2D eigenvalue weighted by Gasteiger charge is -2.28. The van der Waals surface area contributed by atoms with Crippen LogP contribution in [0.15, 0.2) is 0 Å². The van der Waals surface area contributed by atoms with Gasteiger partial charge in [0.2, 0.25) is 0 Å². The van der Waals surface area contributed by atoms with E-state index in [9.17, 15) is 0 Å². The molecule has 0 amide bonds. The summed E-state index contributed by atoms with van der Waals surface area (Å²) in [7, 11) is -1.81. The van der Waals surface area contributed by atoms with Gasteiger partial charge in [0.15, 0.2) is 0 Å². The van der Waals surface area contributed by atoms with Crippen LogP contribution in [0, 0.1) is 5.92 Å². The fourth-order valence-corrected chi connectivity index (χ4v) is 5.09. The predicted molar refractivity (Wildman–Crippen MR) is 66.3 cm³/mol. The third-order valence-corrected chi connectivity index (χ3v) is 7.04. The van der Waals surface area contributed by atoms with Crippen molar-refractivity contribution in [2.24, 2.45) is 5.92 Å². The van der Waals surface area contributed by atoms with Crippen LogP contribution in [0.1, 0.15) is 46.5 Å². The average molecular weight is 230 g/mol.